The topological polar surface area (TPSA) is 66.8 Å². The highest BCUT2D eigenvalue weighted by Crippen LogP contribution is 2.35. The van der Waals surface area contributed by atoms with Crippen molar-refractivity contribution in [2.75, 3.05) is 20.2 Å². The first-order valence-corrected chi connectivity index (χ1v) is 8.98. The van der Waals surface area contributed by atoms with Gasteiger partial charge in [0.15, 0.2) is 0 Å². The normalized spacial score (nSPS) is 20.0. The van der Waals surface area contributed by atoms with Gasteiger partial charge in [-0.2, -0.15) is 0 Å². The maximum absolute atomic E-state index is 12.8. The standard InChI is InChI=1S/C19H21NO4S/c1-12-5-3-4-6-14(12)15-9-20(10-16(15)19(22)23)18(21)17-8-7-13(25-17)11-24-2/h3-8,15-16H,9-11H2,1-2H3,(H,22,23). The number of hydrogen-bond donors (Lipinski definition) is 1. The number of aryl methyl sites for hydroxylation is 1. The van der Waals surface area contributed by atoms with Crippen LogP contribution in [0.5, 0.6) is 0 Å². The largest absolute Gasteiger partial charge is 0.481 e. The molecule has 1 aromatic heterocycles. The number of benzene rings is 1. The van der Waals surface area contributed by atoms with Crippen LogP contribution in [0.1, 0.15) is 31.6 Å². The molecule has 0 aliphatic carbocycles. The number of thiophene rings is 1. The van der Waals surface area contributed by atoms with Crippen LogP contribution in [0.2, 0.25) is 0 Å². The van der Waals surface area contributed by atoms with Gasteiger partial charge in [-0.25, -0.2) is 0 Å². The molecule has 5 nitrogen and oxygen atoms in total. The van der Waals surface area contributed by atoms with Crippen molar-refractivity contribution in [3.05, 3.63) is 57.3 Å². The first-order chi connectivity index (χ1) is 12.0. The lowest BCUT2D eigenvalue weighted by molar-refractivity contribution is -0.141. The number of methoxy groups -OCH3 is 1. The summed E-state index contributed by atoms with van der Waals surface area (Å²) in [5.74, 6) is -1.71. The first kappa shape index (κ1) is 17.6. The van der Waals surface area contributed by atoms with Crippen molar-refractivity contribution in [1.82, 2.24) is 4.90 Å². The van der Waals surface area contributed by atoms with Crippen LogP contribution in [0.4, 0.5) is 0 Å². The smallest absolute Gasteiger partial charge is 0.308 e. The molecule has 0 radical (unpaired) electrons. The minimum absolute atomic E-state index is 0.102. The number of hydrogen-bond acceptors (Lipinski definition) is 4. The highest BCUT2D eigenvalue weighted by Gasteiger charge is 2.41. The highest BCUT2D eigenvalue weighted by atomic mass is 32.1. The summed E-state index contributed by atoms with van der Waals surface area (Å²) < 4.78 is 5.09. The zero-order valence-corrected chi connectivity index (χ0v) is 15.1. The van der Waals surface area contributed by atoms with Gasteiger partial charge in [0.2, 0.25) is 0 Å². The van der Waals surface area contributed by atoms with Gasteiger partial charge in [-0.15, -0.1) is 11.3 Å². The molecule has 6 heteroatoms. The Kier molecular flexibility index (Phi) is 5.20. The van der Waals surface area contributed by atoms with E-state index in [0.29, 0.717) is 18.0 Å². The lowest BCUT2D eigenvalue weighted by Gasteiger charge is -2.17. The Morgan fingerprint density at radius 3 is 2.68 bits per heavy atom. The Morgan fingerprint density at radius 1 is 1.24 bits per heavy atom. The van der Waals surface area contributed by atoms with Gasteiger partial charge in [0.25, 0.3) is 5.91 Å². The maximum atomic E-state index is 12.8. The molecule has 1 amide bonds. The van der Waals surface area contributed by atoms with E-state index >= 15 is 0 Å². The molecule has 1 fully saturated rings. The molecular weight excluding hydrogens is 338 g/mol. The summed E-state index contributed by atoms with van der Waals surface area (Å²) in [6, 6.07) is 11.5. The van der Waals surface area contributed by atoms with Gasteiger partial charge in [0.05, 0.1) is 17.4 Å². The van der Waals surface area contributed by atoms with Crippen molar-refractivity contribution in [3.63, 3.8) is 0 Å². The van der Waals surface area contributed by atoms with E-state index in [1.165, 1.54) is 11.3 Å². The number of carbonyl (C=O) groups excluding carboxylic acids is 1. The molecule has 132 valence electrons. The number of carboxylic acids is 1. The van der Waals surface area contributed by atoms with Crippen LogP contribution in [0, 0.1) is 12.8 Å². The Labute approximate surface area is 150 Å². The van der Waals surface area contributed by atoms with Crippen LogP contribution in [-0.4, -0.2) is 42.1 Å². The Balaban J connectivity index is 1.83. The molecule has 2 atom stereocenters. The molecule has 1 aliphatic heterocycles. The van der Waals surface area contributed by atoms with Crippen molar-refractivity contribution < 1.29 is 19.4 Å². The van der Waals surface area contributed by atoms with E-state index in [0.717, 1.165) is 16.0 Å². The van der Waals surface area contributed by atoms with E-state index in [2.05, 4.69) is 0 Å². The highest BCUT2D eigenvalue weighted by molar-refractivity contribution is 7.14. The quantitative estimate of drug-likeness (QED) is 0.891. The third-order valence-electron chi connectivity index (χ3n) is 4.67. The second-order valence-electron chi connectivity index (χ2n) is 6.32. The second kappa shape index (κ2) is 7.37. The van der Waals surface area contributed by atoms with Crippen molar-refractivity contribution in [1.29, 1.82) is 0 Å². The molecule has 0 bridgehead atoms. The zero-order chi connectivity index (χ0) is 18.0. The van der Waals surface area contributed by atoms with Gasteiger partial charge < -0.3 is 14.7 Å². The van der Waals surface area contributed by atoms with Crippen LogP contribution < -0.4 is 0 Å². The van der Waals surface area contributed by atoms with Gasteiger partial charge in [0.1, 0.15) is 0 Å². The molecule has 2 aromatic rings. The van der Waals surface area contributed by atoms with Crippen LogP contribution in [0.3, 0.4) is 0 Å². The van der Waals surface area contributed by atoms with Crippen molar-refractivity contribution in [2.24, 2.45) is 5.92 Å². The van der Waals surface area contributed by atoms with E-state index in [1.54, 1.807) is 18.1 Å². The molecule has 0 saturated carbocycles. The summed E-state index contributed by atoms with van der Waals surface area (Å²) in [5.41, 5.74) is 2.07. The third kappa shape index (κ3) is 3.60. The summed E-state index contributed by atoms with van der Waals surface area (Å²) in [7, 11) is 1.62. The summed E-state index contributed by atoms with van der Waals surface area (Å²) in [5, 5.41) is 9.63. The zero-order valence-electron chi connectivity index (χ0n) is 14.3. The number of likely N-dealkylation sites (tertiary alicyclic amines) is 1. The molecule has 1 aliphatic rings. The first-order valence-electron chi connectivity index (χ1n) is 8.16. The van der Waals surface area contributed by atoms with Gasteiger partial charge in [-0.1, -0.05) is 24.3 Å². The summed E-state index contributed by atoms with van der Waals surface area (Å²) in [6.45, 7) is 3.12. The number of aliphatic carboxylic acids is 1. The Hall–Kier alpha value is -2.18. The monoisotopic (exact) mass is 359 g/mol. The molecule has 25 heavy (non-hydrogen) atoms. The molecule has 2 heterocycles. The average Bonchev–Trinajstić information content (AvgIpc) is 3.22. The molecule has 1 saturated heterocycles. The second-order valence-corrected chi connectivity index (χ2v) is 7.49. The van der Waals surface area contributed by atoms with Crippen molar-refractivity contribution >= 4 is 23.2 Å². The fraction of sp³-hybridized carbons (Fsp3) is 0.368. The molecular formula is C19H21NO4S. The number of carboxylic acid groups (broad SMARTS) is 1. The minimum atomic E-state index is -0.852. The molecule has 2 unspecified atom stereocenters. The minimum Gasteiger partial charge on any atom is -0.481 e. The number of rotatable bonds is 5. The number of amides is 1. The number of ether oxygens (including phenoxy) is 1. The molecule has 3 rings (SSSR count). The van der Waals surface area contributed by atoms with Crippen LogP contribution in [0.15, 0.2) is 36.4 Å². The number of carbonyl (C=O) groups is 2. The third-order valence-corrected chi connectivity index (χ3v) is 5.72. The van der Waals surface area contributed by atoms with E-state index in [9.17, 15) is 14.7 Å². The van der Waals surface area contributed by atoms with Gasteiger partial charge >= 0.3 is 5.97 Å². The lowest BCUT2D eigenvalue weighted by Crippen LogP contribution is -2.29. The lowest BCUT2D eigenvalue weighted by atomic mass is 9.86. The van der Waals surface area contributed by atoms with Crippen molar-refractivity contribution in [3.8, 4) is 0 Å². The SMILES string of the molecule is COCc1ccc(C(=O)N2CC(C(=O)O)C(c3ccccc3C)C2)s1. The van der Waals surface area contributed by atoms with E-state index in [-0.39, 0.29) is 18.4 Å². The maximum Gasteiger partial charge on any atom is 0.308 e. The molecule has 0 spiro atoms. The molecule has 1 N–H and O–H groups in total. The van der Waals surface area contributed by atoms with Crippen molar-refractivity contribution in [2.45, 2.75) is 19.4 Å². The number of nitrogens with zero attached hydrogens (tertiary/aromatic N) is 1. The molecule has 1 aromatic carbocycles. The van der Waals surface area contributed by atoms with E-state index < -0.39 is 11.9 Å². The van der Waals surface area contributed by atoms with E-state index in [1.807, 2.05) is 37.3 Å². The average molecular weight is 359 g/mol. The fourth-order valence-electron chi connectivity index (χ4n) is 3.41. The summed E-state index contributed by atoms with van der Waals surface area (Å²) >= 11 is 1.40. The van der Waals surface area contributed by atoms with Crippen LogP contribution in [0.25, 0.3) is 0 Å². The Bertz CT molecular complexity index is 785. The van der Waals surface area contributed by atoms with Crippen LogP contribution in [-0.2, 0) is 16.1 Å². The summed E-state index contributed by atoms with van der Waals surface area (Å²) in [4.78, 5) is 27.8. The Morgan fingerprint density at radius 2 is 2.00 bits per heavy atom. The van der Waals surface area contributed by atoms with Crippen LogP contribution >= 0.6 is 11.3 Å². The van der Waals surface area contributed by atoms with Gasteiger partial charge in [-0.05, 0) is 30.2 Å². The predicted molar refractivity (Wildman–Crippen MR) is 96.0 cm³/mol. The predicted octanol–water partition coefficient (Wildman–Crippen LogP) is 3.14. The van der Waals surface area contributed by atoms with E-state index in [4.69, 9.17) is 4.74 Å². The fourth-order valence-corrected chi connectivity index (χ4v) is 4.35. The summed E-state index contributed by atoms with van der Waals surface area (Å²) in [6.07, 6.45) is 0. The van der Waals surface area contributed by atoms with Gasteiger partial charge in [0, 0.05) is 31.0 Å². The van der Waals surface area contributed by atoms with Gasteiger partial charge in [-0.3, -0.25) is 9.59 Å².